The van der Waals surface area contributed by atoms with Crippen molar-refractivity contribution >= 4 is 34.4 Å². The molecule has 5 rings (SSSR count). The molecule has 1 aliphatic carbocycles. The zero-order chi connectivity index (χ0) is 20.8. The number of halogens is 1. The van der Waals surface area contributed by atoms with E-state index in [2.05, 4.69) is 10.1 Å². The van der Waals surface area contributed by atoms with Crippen LogP contribution >= 0.6 is 11.6 Å². The lowest BCUT2D eigenvalue weighted by molar-refractivity contribution is 0.0696. The van der Waals surface area contributed by atoms with Gasteiger partial charge in [0, 0.05) is 11.8 Å². The summed E-state index contributed by atoms with van der Waals surface area (Å²) >= 11 is 6.44. The molecule has 0 aliphatic heterocycles. The first kappa shape index (κ1) is 18.5. The quantitative estimate of drug-likeness (QED) is 0.468. The minimum absolute atomic E-state index is 0.171. The molecule has 0 bridgehead atoms. The van der Waals surface area contributed by atoms with Crippen molar-refractivity contribution in [1.82, 2.24) is 14.8 Å². The molecule has 1 aliphatic rings. The normalized spacial score (nSPS) is 13.5. The average Bonchev–Trinajstić information content (AvgIpc) is 3.53. The average molecular weight is 418 g/mol. The third-order valence-corrected chi connectivity index (χ3v) is 5.62. The van der Waals surface area contributed by atoms with Gasteiger partial charge in [-0.3, -0.25) is 4.79 Å². The molecule has 1 saturated carbocycles. The summed E-state index contributed by atoms with van der Waals surface area (Å²) in [6.45, 7) is 0. The van der Waals surface area contributed by atoms with Gasteiger partial charge in [0.2, 0.25) is 5.78 Å². The molecule has 2 heterocycles. The Hall–Kier alpha value is -3.51. The highest BCUT2D eigenvalue weighted by Gasteiger charge is 2.31. The van der Waals surface area contributed by atoms with E-state index in [0.29, 0.717) is 33.2 Å². The fourth-order valence-corrected chi connectivity index (χ4v) is 3.95. The van der Waals surface area contributed by atoms with Crippen LogP contribution in [0.2, 0.25) is 5.02 Å². The second-order valence-corrected chi connectivity index (χ2v) is 7.70. The molecule has 1 N–H and O–H groups in total. The maximum absolute atomic E-state index is 13.6. The van der Waals surface area contributed by atoms with Crippen molar-refractivity contribution < 1.29 is 14.7 Å². The molecule has 148 valence electrons. The minimum atomic E-state index is -1.01. The Morgan fingerprint density at radius 3 is 2.50 bits per heavy atom. The lowest BCUT2D eigenvalue weighted by Crippen LogP contribution is -2.08. The molecule has 7 heteroatoms. The highest BCUT2D eigenvalue weighted by atomic mass is 35.5. The number of aromatic nitrogens is 3. The van der Waals surface area contributed by atoms with E-state index in [1.54, 1.807) is 41.2 Å². The molecule has 2 aromatic carbocycles. The molecular formula is C23H16ClN3O3. The van der Waals surface area contributed by atoms with Gasteiger partial charge in [-0.2, -0.15) is 5.10 Å². The van der Waals surface area contributed by atoms with Gasteiger partial charge in [-0.25, -0.2) is 14.5 Å². The van der Waals surface area contributed by atoms with Gasteiger partial charge in [-0.05, 0) is 66.8 Å². The van der Waals surface area contributed by atoms with Crippen molar-refractivity contribution in [3.05, 3.63) is 88.2 Å². The van der Waals surface area contributed by atoms with E-state index in [-0.39, 0.29) is 17.0 Å². The van der Waals surface area contributed by atoms with Gasteiger partial charge in [-0.1, -0.05) is 23.7 Å². The number of pyridine rings is 1. The summed E-state index contributed by atoms with van der Waals surface area (Å²) < 4.78 is 1.56. The van der Waals surface area contributed by atoms with Crippen molar-refractivity contribution in [2.45, 2.75) is 18.8 Å². The van der Waals surface area contributed by atoms with Gasteiger partial charge in [0.05, 0.1) is 21.7 Å². The molecule has 0 spiro atoms. The van der Waals surface area contributed by atoms with Crippen LogP contribution < -0.4 is 0 Å². The molecule has 1 fully saturated rings. The predicted octanol–water partition coefficient (Wildman–Crippen LogP) is 4.88. The topological polar surface area (TPSA) is 85.1 Å². The lowest BCUT2D eigenvalue weighted by atomic mass is 9.97. The first-order chi connectivity index (χ1) is 14.5. The highest BCUT2D eigenvalue weighted by molar-refractivity contribution is 6.35. The van der Waals surface area contributed by atoms with Crippen molar-refractivity contribution in [2.75, 3.05) is 0 Å². The number of carbonyl (C=O) groups excluding carboxylic acids is 1. The van der Waals surface area contributed by atoms with Gasteiger partial charge < -0.3 is 5.11 Å². The zero-order valence-corrected chi connectivity index (χ0v) is 16.5. The number of fused-ring (bicyclic) bond motifs is 1. The van der Waals surface area contributed by atoms with Crippen LogP contribution in [0.15, 0.2) is 60.8 Å². The van der Waals surface area contributed by atoms with Crippen molar-refractivity contribution in [2.24, 2.45) is 0 Å². The van der Waals surface area contributed by atoms with Gasteiger partial charge >= 0.3 is 5.97 Å². The van der Waals surface area contributed by atoms with Gasteiger partial charge in [0.25, 0.3) is 0 Å². The number of rotatable bonds is 5. The number of aromatic carboxylic acids is 1. The number of carboxylic acids is 1. The first-order valence-corrected chi connectivity index (χ1v) is 9.93. The fourth-order valence-electron chi connectivity index (χ4n) is 3.68. The number of carboxylic acid groups (broad SMARTS) is 1. The molecule has 0 radical (unpaired) electrons. The predicted molar refractivity (Wildman–Crippen MR) is 113 cm³/mol. The van der Waals surface area contributed by atoms with E-state index in [1.807, 2.05) is 12.1 Å². The number of ketones is 1. The van der Waals surface area contributed by atoms with E-state index in [0.717, 1.165) is 18.4 Å². The SMILES string of the molecule is O=C(O)c1ccc(-n2nc(C(=O)c3c(Cl)cccc3C3CC3)c3cccnc32)cc1. The van der Waals surface area contributed by atoms with Crippen LogP contribution in [-0.2, 0) is 0 Å². The van der Waals surface area contributed by atoms with E-state index in [9.17, 15) is 9.59 Å². The summed E-state index contributed by atoms with van der Waals surface area (Å²) in [5.74, 6) is -0.883. The fraction of sp³-hybridized carbons (Fsp3) is 0.130. The van der Waals surface area contributed by atoms with Crippen LogP contribution in [0.3, 0.4) is 0 Å². The van der Waals surface area contributed by atoms with Crippen LogP contribution in [0.4, 0.5) is 0 Å². The van der Waals surface area contributed by atoms with Crippen LogP contribution in [0, 0.1) is 0 Å². The summed E-state index contributed by atoms with van der Waals surface area (Å²) in [5, 5.41) is 14.7. The Morgan fingerprint density at radius 1 is 1.03 bits per heavy atom. The molecular weight excluding hydrogens is 402 g/mol. The number of carbonyl (C=O) groups is 2. The van der Waals surface area contributed by atoms with Gasteiger partial charge in [0.15, 0.2) is 5.65 Å². The van der Waals surface area contributed by atoms with Crippen molar-refractivity contribution in [3.8, 4) is 5.69 Å². The highest BCUT2D eigenvalue weighted by Crippen LogP contribution is 2.43. The van der Waals surface area contributed by atoms with Crippen LogP contribution in [0.1, 0.15) is 50.7 Å². The number of hydrogen-bond donors (Lipinski definition) is 1. The second-order valence-electron chi connectivity index (χ2n) is 7.29. The van der Waals surface area contributed by atoms with Crippen molar-refractivity contribution in [1.29, 1.82) is 0 Å². The lowest BCUT2D eigenvalue weighted by Gasteiger charge is -2.08. The van der Waals surface area contributed by atoms with Crippen LogP contribution in [0.25, 0.3) is 16.7 Å². The maximum Gasteiger partial charge on any atom is 0.335 e. The van der Waals surface area contributed by atoms with Gasteiger partial charge in [-0.15, -0.1) is 0 Å². The number of nitrogens with zero attached hydrogens (tertiary/aromatic N) is 3. The van der Waals surface area contributed by atoms with E-state index < -0.39 is 5.97 Å². The monoisotopic (exact) mass is 417 g/mol. The summed E-state index contributed by atoms with van der Waals surface area (Å²) in [6, 6.07) is 15.4. The Kier molecular flexibility index (Phi) is 4.37. The van der Waals surface area contributed by atoms with Crippen molar-refractivity contribution in [3.63, 3.8) is 0 Å². The third-order valence-electron chi connectivity index (χ3n) is 5.31. The zero-order valence-electron chi connectivity index (χ0n) is 15.7. The summed E-state index contributed by atoms with van der Waals surface area (Å²) in [4.78, 5) is 29.1. The molecule has 30 heavy (non-hydrogen) atoms. The van der Waals surface area contributed by atoms with E-state index in [4.69, 9.17) is 16.7 Å². The smallest absolute Gasteiger partial charge is 0.335 e. The molecule has 0 unspecified atom stereocenters. The number of benzene rings is 2. The van der Waals surface area contributed by atoms with E-state index >= 15 is 0 Å². The standard InChI is InChI=1S/C23H16ClN3O3/c24-18-5-1-3-16(13-6-7-13)19(18)21(28)20-17-4-2-12-25-22(17)27(26-20)15-10-8-14(9-11-15)23(29)30/h1-5,8-13H,6-7H2,(H,29,30). The Labute approximate surface area is 176 Å². The van der Waals surface area contributed by atoms with Gasteiger partial charge in [0.1, 0.15) is 5.69 Å². The first-order valence-electron chi connectivity index (χ1n) is 9.55. The molecule has 2 aromatic heterocycles. The molecule has 0 saturated heterocycles. The summed E-state index contributed by atoms with van der Waals surface area (Å²) in [5.41, 5.74) is 3.04. The third kappa shape index (κ3) is 3.06. The second kappa shape index (κ2) is 7.07. The Bertz CT molecular complexity index is 1310. The number of hydrogen-bond acceptors (Lipinski definition) is 4. The minimum Gasteiger partial charge on any atom is -0.478 e. The molecule has 0 amide bonds. The van der Waals surface area contributed by atoms with Crippen LogP contribution in [0.5, 0.6) is 0 Å². The largest absolute Gasteiger partial charge is 0.478 e. The summed E-state index contributed by atoms with van der Waals surface area (Å²) in [7, 11) is 0. The maximum atomic E-state index is 13.6. The molecule has 4 aromatic rings. The Balaban J connectivity index is 1.67. The summed E-state index contributed by atoms with van der Waals surface area (Å²) in [6.07, 6.45) is 3.73. The molecule has 6 nitrogen and oxygen atoms in total. The molecule has 0 atom stereocenters. The van der Waals surface area contributed by atoms with Crippen LogP contribution in [-0.4, -0.2) is 31.6 Å². The Morgan fingerprint density at radius 2 is 1.80 bits per heavy atom. The van der Waals surface area contributed by atoms with E-state index in [1.165, 1.54) is 12.1 Å².